The number of benzene rings is 1. The molecular weight excluding hydrogens is 283 g/mol. The fraction of sp³-hybridized carbons (Fsp3) is 0.438. The van der Waals surface area contributed by atoms with E-state index in [0.29, 0.717) is 17.9 Å². The van der Waals surface area contributed by atoms with Crippen LogP contribution in [-0.4, -0.2) is 36.0 Å². The number of anilines is 1. The maximum absolute atomic E-state index is 13.8. The third-order valence-electron chi connectivity index (χ3n) is 4.26. The highest BCUT2D eigenvalue weighted by Gasteiger charge is 2.23. The summed E-state index contributed by atoms with van der Waals surface area (Å²) in [6.07, 6.45) is 3.86. The number of fused-ring (bicyclic) bond motifs is 1. The van der Waals surface area contributed by atoms with E-state index in [4.69, 9.17) is 0 Å². The van der Waals surface area contributed by atoms with Crippen molar-refractivity contribution in [2.24, 2.45) is 5.92 Å². The number of hydrogen-bond acceptors (Lipinski definition) is 4. The van der Waals surface area contributed by atoms with Gasteiger partial charge in [0.05, 0.1) is 0 Å². The third-order valence-corrected chi connectivity index (χ3v) is 4.26. The summed E-state index contributed by atoms with van der Waals surface area (Å²) in [5, 5.41) is 3.41. The fourth-order valence-electron chi connectivity index (χ4n) is 3.00. The minimum absolute atomic E-state index is 0.0907. The van der Waals surface area contributed by atoms with Crippen molar-refractivity contribution in [2.45, 2.75) is 19.3 Å². The summed E-state index contributed by atoms with van der Waals surface area (Å²) in [7, 11) is 1.67. The van der Waals surface area contributed by atoms with Gasteiger partial charge < -0.3 is 10.2 Å². The Bertz CT molecular complexity index is 683. The Kier molecular flexibility index (Phi) is 4.18. The van der Waals surface area contributed by atoms with E-state index in [1.165, 1.54) is 12.4 Å². The van der Waals surface area contributed by atoms with E-state index in [2.05, 4.69) is 20.2 Å². The first-order valence-electron chi connectivity index (χ1n) is 7.54. The summed E-state index contributed by atoms with van der Waals surface area (Å²) in [5.41, 5.74) is 0.361. The Hall–Kier alpha value is -2.24. The topological polar surface area (TPSA) is 58.1 Å². The molecule has 2 heterocycles. The quantitative estimate of drug-likeness (QED) is 0.943. The lowest BCUT2D eigenvalue weighted by molar-refractivity contribution is -0.121. The molecule has 2 aromatic rings. The minimum Gasteiger partial charge on any atom is -0.359 e. The number of para-hydroxylation sites is 1. The van der Waals surface area contributed by atoms with Gasteiger partial charge in [-0.25, -0.2) is 14.4 Å². The van der Waals surface area contributed by atoms with Crippen molar-refractivity contribution in [3.05, 3.63) is 30.3 Å². The van der Waals surface area contributed by atoms with Crippen LogP contribution < -0.4 is 10.2 Å². The molecule has 1 aromatic carbocycles. The van der Waals surface area contributed by atoms with Gasteiger partial charge in [0.25, 0.3) is 0 Å². The second kappa shape index (κ2) is 6.25. The summed E-state index contributed by atoms with van der Waals surface area (Å²) in [6.45, 7) is 1.65. The molecule has 0 atom stereocenters. The van der Waals surface area contributed by atoms with Crippen LogP contribution in [0, 0.1) is 11.7 Å². The highest BCUT2D eigenvalue weighted by Crippen LogP contribution is 2.29. The van der Waals surface area contributed by atoms with Crippen molar-refractivity contribution in [3.63, 3.8) is 0 Å². The number of carbonyl (C=O) groups is 1. The summed E-state index contributed by atoms with van der Waals surface area (Å²) in [6, 6.07) is 4.95. The largest absolute Gasteiger partial charge is 0.359 e. The van der Waals surface area contributed by atoms with Gasteiger partial charge in [0.1, 0.15) is 23.5 Å². The number of amides is 1. The van der Waals surface area contributed by atoms with E-state index in [0.717, 1.165) is 37.1 Å². The number of rotatable bonds is 3. The molecule has 1 saturated heterocycles. The molecule has 0 bridgehead atoms. The monoisotopic (exact) mass is 302 g/mol. The summed E-state index contributed by atoms with van der Waals surface area (Å²) in [4.78, 5) is 22.0. The normalized spacial score (nSPS) is 16.0. The molecule has 22 heavy (non-hydrogen) atoms. The van der Waals surface area contributed by atoms with Gasteiger partial charge in [0.2, 0.25) is 5.91 Å². The molecule has 5 nitrogen and oxygen atoms in total. The average Bonchev–Trinajstić information content (AvgIpc) is 2.55. The predicted octanol–water partition coefficient (Wildman–Crippen LogP) is 2.12. The maximum atomic E-state index is 13.8. The number of hydrogen-bond donors (Lipinski definition) is 1. The summed E-state index contributed by atoms with van der Waals surface area (Å²) in [5.74, 6) is 0.951. The number of carbonyl (C=O) groups excluding carboxylic acids is 1. The number of nitrogens with one attached hydrogen (secondary N) is 1. The summed E-state index contributed by atoms with van der Waals surface area (Å²) < 4.78 is 13.8. The van der Waals surface area contributed by atoms with Crippen LogP contribution in [-0.2, 0) is 4.79 Å². The van der Waals surface area contributed by atoms with E-state index < -0.39 is 0 Å². The van der Waals surface area contributed by atoms with Crippen LogP contribution in [0.2, 0.25) is 0 Å². The molecule has 0 aliphatic carbocycles. The van der Waals surface area contributed by atoms with Gasteiger partial charge in [-0.05, 0) is 30.9 Å². The average molecular weight is 302 g/mol. The lowest BCUT2D eigenvalue weighted by Gasteiger charge is -2.33. The Morgan fingerprint density at radius 1 is 1.36 bits per heavy atom. The Morgan fingerprint density at radius 3 is 2.86 bits per heavy atom. The first kappa shape index (κ1) is 14.7. The molecule has 0 unspecified atom stereocenters. The maximum Gasteiger partial charge on any atom is 0.220 e. The molecular formula is C16H19FN4O. The van der Waals surface area contributed by atoms with E-state index in [-0.39, 0.29) is 11.7 Å². The van der Waals surface area contributed by atoms with Gasteiger partial charge in [0.15, 0.2) is 0 Å². The second-order valence-electron chi connectivity index (χ2n) is 5.64. The molecule has 1 aromatic heterocycles. The molecule has 1 aliphatic heterocycles. The van der Waals surface area contributed by atoms with Crippen LogP contribution in [0.5, 0.6) is 0 Å². The SMILES string of the molecule is CNC(=O)CC1CCN(c2ncnc3c(F)cccc23)CC1. The Labute approximate surface area is 128 Å². The standard InChI is InChI=1S/C16H19FN4O/c1-18-14(22)9-11-5-7-21(8-6-11)16-12-3-2-4-13(17)15(12)19-10-20-16/h2-4,10-11H,5-9H2,1H3,(H,18,22). The molecule has 0 radical (unpaired) electrons. The van der Waals surface area contributed by atoms with E-state index in [1.807, 2.05) is 6.07 Å². The molecule has 1 N–H and O–H groups in total. The van der Waals surface area contributed by atoms with Gasteiger partial charge >= 0.3 is 0 Å². The first-order chi connectivity index (χ1) is 10.7. The first-order valence-corrected chi connectivity index (χ1v) is 7.54. The van der Waals surface area contributed by atoms with Crippen LogP contribution in [0.1, 0.15) is 19.3 Å². The highest BCUT2D eigenvalue weighted by molar-refractivity contribution is 5.89. The van der Waals surface area contributed by atoms with Crippen molar-refractivity contribution >= 4 is 22.6 Å². The van der Waals surface area contributed by atoms with Gasteiger partial charge in [-0.3, -0.25) is 4.79 Å². The van der Waals surface area contributed by atoms with Gasteiger partial charge in [-0.1, -0.05) is 6.07 Å². The zero-order valence-corrected chi connectivity index (χ0v) is 12.6. The van der Waals surface area contributed by atoms with Crippen LogP contribution in [0.3, 0.4) is 0 Å². The lowest BCUT2D eigenvalue weighted by atomic mass is 9.93. The molecule has 1 aliphatic rings. The molecule has 116 valence electrons. The molecule has 1 amide bonds. The zero-order chi connectivity index (χ0) is 15.5. The van der Waals surface area contributed by atoms with Crippen molar-refractivity contribution in [1.82, 2.24) is 15.3 Å². The number of piperidine rings is 1. The zero-order valence-electron chi connectivity index (χ0n) is 12.6. The number of nitrogens with zero attached hydrogens (tertiary/aromatic N) is 3. The van der Waals surface area contributed by atoms with Crippen LogP contribution >= 0.6 is 0 Å². The Morgan fingerprint density at radius 2 is 2.14 bits per heavy atom. The van der Waals surface area contributed by atoms with Crippen LogP contribution in [0.25, 0.3) is 10.9 Å². The van der Waals surface area contributed by atoms with Crippen LogP contribution in [0.4, 0.5) is 10.2 Å². The second-order valence-corrected chi connectivity index (χ2v) is 5.64. The third kappa shape index (κ3) is 2.86. The number of aromatic nitrogens is 2. The van der Waals surface area contributed by atoms with Crippen molar-refractivity contribution in [2.75, 3.05) is 25.0 Å². The van der Waals surface area contributed by atoms with Gasteiger partial charge in [0, 0.05) is 31.9 Å². The summed E-state index contributed by atoms with van der Waals surface area (Å²) >= 11 is 0. The van der Waals surface area contributed by atoms with Gasteiger partial charge in [-0.15, -0.1) is 0 Å². The number of halogens is 1. The van der Waals surface area contributed by atoms with E-state index >= 15 is 0 Å². The van der Waals surface area contributed by atoms with E-state index in [1.54, 1.807) is 13.1 Å². The van der Waals surface area contributed by atoms with Crippen molar-refractivity contribution < 1.29 is 9.18 Å². The molecule has 0 saturated carbocycles. The van der Waals surface area contributed by atoms with E-state index in [9.17, 15) is 9.18 Å². The van der Waals surface area contributed by atoms with Gasteiger partial charge in [-0.2, -0.15) is 0 Å². The van der Waals surface area contributed by atoms with Crippen molar-refractivity contribution in [1.29, 1.82) is 0 Å². The fourth-order valence-corrected chi connectivity index (χ4v) is 3.00. The smallest absolute Gasteiger partial charge is 0.220 e. The minimum atomic E-state index is -0.323. The molecule has 1 fully saturated rings. The van der Waals surface area contributed by atoms with Crippen LogP contribution in [0.15, 0.2) is 24.5 Å². The predicted molar refractivity (Wildman–Crippen MR) is 83.1 cm³/mol. The highest BCUT2D eigenvalue weighted by atomic mass is 19.1. The van der Waals surface area contributed by atoms with Crippen molar-refractivity contribution in [3.8, 4) is 0 Å². The molecule has 6 heteroatoms. The lowest BCUT2D eigenvalue weighted by Crippen LogP contribution is -2.36. The molecule has 3 rings (SSSR count). The Balaban J connectivity index is 1.77. The molecule has 0 spiro atoms.